The largest absolute Gasteiger partial charge is 0.502 e. The average molecular weight is 286 g/mol. The van der Waals surface area contributed by atoms with Crippen LogP contribution in [0.1, 0.15) is 19.8 Å². The minimum absolute atomic E-state index is 0.0112. The van der Waals surface area contributed by atoms with E-state index in [1.54, 1.807) is 6.92 Å². The molecular weight excluding hydrogens is 272 g/mol. The molecule has 1 N–H and O–H groups in total. The van der Waals surface area contributed by atoms with Crippen LogP contribution in [0.25, 0.3) is 0 Å². The van der Waals surface area contributed by atoms with E-state index < -0.39 is 26.4 Å². The summed E-state index contributed by atoms with van der Waals surface area (Å²) in [4.78, 5) is 9.76. The normalized spacial score (nSPS) is 15.7. The Balaban J connectivity index is 2.45. The molecule has 1 aromatic rings. The summed E-state index contributed by atoms with van der Waals surface area (Å²) in [5.41, 5.74) is -0.604. The molecule has 1 aliphatic rings. The maximum atomic E-state index is 12.4. The monoisotopic (exact) mass is 286 g/mol. The van der Waals surface area contributed by atoms with E-state index in [0.717, 1.165) is 25.0 Å². The molecule has 0 bridgehead atoms. The van der Waals surface area contributed by atoms with Crippen molar-refractivity contribution in [3.63, 3.8) is 0 Å². The van der Waals surface area contributed by atoms with Crippen molar-refractivity contribution in [1.82, 2.24) is 4.31 Å². The minimum Gasteiger partial charge on any atom is -0.502 e. The summed E-state index contributed by atoms with van der Waals surface area (Å²) < 4.78 is 26.0. The molecule has 1 fully saturated rings. The summed E-state index contributed by atoms with van der Waals surface area (Å²) >= 11 is 0. The van der Waals surface area contributed by atoms with E-state index in [4.69, 9.17) is 0 Å². The zero-order chi connectivity index (χ0) is 14.2. The lowest BCUT2D eigenvalue weighted by molar-refractivity contribution is -0.386. The van der Waals surface area contributed by atoms with Gasteiger partial charge in [-0.25, -0.2) is 8.42 Å². The SMILES string of the molecule is CCN(C1CC1)S(=O)(=O)c1ccc(O)c([N+](=O)[O-])c1. The van der Waals surface area contributed by atoms with Crippen molar-refractivity contribution in [2.75, 3.05) is 6.54 Å². The molecule has 0 spiro atoms. The van der Waals surface area contributed by atoms with Crippen molar-refractivity contribution in [3.05, 3.63) is 28.3 Å². The van der Waals surface area contributed by atoms with E-state index in [0.29, 0.717) is 6.54 Å². The summed E-state index contributed by atoms with van der Waals surface area (Å²) in [7, 11) is -3.74. The Labute approximate surface area is 110 Å². The Bertz CT molecular complexity index is 610. The van der Waals surface area contributed by atoms with Crippen LogP contribution in [-0.4, -0.2) is 35.3 Å². The van der Waals surface area contributed by atoms with Gasteiger partial charge in [-0.2, -0.15) is 4.31 Å². The van der Waals surface area contributed by atoms with Crippen molar-refractivity contribution in [1.29, 1.82) is 0 Å². The zero-order valence-electron chi connectivity index (χ0n) is 10.3. The third-order valence-corrected chi connectivity index (χ3v) is 5.04. The van der Waals surface area contributed by atoms with Crippen LogP contribution in [0.2, 0.25) is 0 Å². The molecule has 19 heavy (non-hydrogen) atoms. The first-order valence-electron chi connectivity index (χ1n) is 5.87. The van der Waals surface area contributed by atoms with Gasteiger partial charge < -0.3 is 5.11 Å². The standard InChI is InChI=1S/C11H14N2O5S/c1-2-12(8-3-4-8)19(17,18)9-5-6-11(14)10(7-9)13(15)16/h5-8,14H,2-4H2,1H3. The number of nitrogens with zero attached hydrogens (tertiary/aromatic N) is 2. The van der Waals surface area contributed by atoms with Crippen LogP contribution in [0.15, 0.2) is 23.1 Å². The number of aromatic hydroxyl groups is 1. The van der Waals surface area contributed by atoms with Gasteiger partial charge in [-0.05, 0) is 25.0 Å². The topological polar surface area (TPSA) is 101 Å². The summed E-state index contributed by atoms with van der Waals surface area (Å²) in [6, 6.07) is 3.10. The van der Waals surface area contributed by atoms with Gasteiger partial charge in [0.15, 0.2) is 5.75 Å². The van der Waals surface area contributed by atoms with Gasteiger partial charge in [0.25, 0.3) is 0 Å². The molecule has 0 aromatic heterocycles. The Morgan fingerprint density at radius 3 is 2.58 bits per heavy atom. The number of nitro benzene ring substituents is 1. The number of hydrogen-bond acceptors (Lipinski definition) is 5. The predicted octanol–water partition coefficient (Wildman–Crippen LogP) is 1.47. The van der Waals surface area contributed by atoms with Crippen LogP contribution in [0.5, 0.6) is 5.75 Å². The molecule has 8 heteroatoms. The van der Waals surface area contributed by atoms with Crippen LogP contribution < -0.4 is 0 Å². The molecule has 104 valence electrons. The first kappa shape index (κ1) is 13.8. The van der Waals surface area contributed by atoms with Crippen LogP contribution in [0.3, 0.4) is 0 Å². The minimum atomic E-state index is -3.74. The van der Waals surface area contributed by atoms with Crippen molar-refractivity contribution in [2.45, 2.75) is 30.7 Å². The number of hydrogen-bond donors (Lipinski definition) is 1. The fourth-order valence-electron chi connectivity index (χ4n) is 1.93. The maximum Gasteiger partial charge on any atom is 0.312 e. The number of sulfonamides is 1. The first-order valence-corrected chi connectivity index (χ1v) is 7.31. The molecule has 0 amide bonds. The third kappa shape index (κ3) is 2.54. The van der Waals surface area contributed by atoms with Gasteiger partial charge >= 0.3 is 5.69 Å². The number of phenols is 1. The molecule has 2 rings (SSSR count). The van der Waals surface area contributed by atoms with Crippen molar-refractivity contribution >= 4 is 15.7 Å². The van der Waals surface area contributed by atoms with Crippen molar-refractivity contribution in [2.24, 2.45) is 0 Å². The van der Waals surface area contributed by atoms with E-state index in [2.05, 4.69) is 0 Å². The Morgan fingerprint density at radius 2 is 2.11 bits per heavy atom. The quantitative estimate of drug-likeness (QED) is 0.652. The van der Waals surface area contributed by atoms with E-state index in [1.165, 1.54) is 10.4 Å². The van der Waals surface area contributed by atoms with Crippen LogP contribution in [-0.2, 0) is 10.0 Å². The highest BCUT2D eigenvalue weighted by Crippen LogP contribution is 2.34. The summed E-state index contributed by atoms with van der Waals surface area (Å²) in [5, 5.41) is 20.1. The molecule has 0 heterocycles. The predicted molar refractivity (Wildman–Crippen MR) is 67.3 cm³/mol. The fraction of sp³-hybridized carbons (Fsp3) is 0.455. The number of nitro groups is 1. The van der Waals surface area contributed by atoms with Crippen molar-refractivity contribution in [3.8, 4) is 5.75 Å². The molecule has 1 aliphatic carbocycles. The first-order chi connectivity index (χ1) is 8.87. The number of benzene rings is 1. The summed E-state index contributed by atoms with van der Waals surface area (Å²) in [5.74, 6) is -0.543. The van der Waals surface area contributed by atoms with E-state index >= 15 is 0 Å². The zero-order valence-corrected chi connectivity index (χ0v) is 11.1. The molecular formula is C11H14N2O5S. The maximum absolute atomic E-state index is 12.4. The van der Waals surface area contributed by atoms with Gasteiger partial charge in [-0.3, -0.25) is 10.1 Å². The molecule has 1 saturated carbocycles. The van der Waals surface area contributed by atoms with Gasteiger partial charge in [-0.15, -0.1) is 0 Å². The average Bonchev–Trinajstić information content (AvgIpc) is 3.14. The molecule has 0 saturated heterocycles. The summed E-state index contributed by atoms with van der Waals surface area (Å²) in [6.45, 7) is 2.05. The van der Waals surface area contributed by atoms with Gasteiger partial charge in [-0.1, -0.05) is 6.92 Å². The Hall–Kier alpha value is -1.67. The molecule has 0 aliphatic heterocycles. The van der Waals surface area contributed by atoms with E-state index in [9.17, 15) is 23.6 Å². The van der Waals surface area contributed by atoms with Gasteiger partial charge in [0.1, 0.15) is 0 Å². The van der Waals surface area contributed by atoms with Crippen LogP contribution in [0.4, 0.5) is 5.69 Å². The second kappa shape index (κ2) is 4.78. The fourth-order valence-corrected chi connectivity index (χ4v) is 3.65. The highest BCUT2D eigenvalue weighted by Gasteiger charge is 2.37. The van der Waals surface area contributed by atoms with Crippen molar-refractivity contribution < 1.29 is 18.4 Å². The van der Waals surface area contributed by atoms with E-state index in [1.807, 2.05) is 0 Å². The lowest BCUT2D eigenvalue weighted by Gasteiger charge is -2.19. The molecule has 0 unspecified atom stereocenters. The lowest BCUT2D eigenvalue weighted by Crippen LogP contribution is -2.32. The smallest absolute Gasteiger partial charge is 0.312 e. The number of rotatable bonds is 5. The van der Waals surface area contributed by atoms with E-state index in [-0.39, 0.29) is 10.9 Å². The second-order valence-electron chi connectivity index (χ2n) is 4.35. The number of phenolic OH excluding ortho intramolecular Hbond substituents is 1. The van der Waals surface area contributed by atoms with Gasteiger partial charge in [0.2, 0.25) is 10.0 Å². The van der Waals surface area contributed by atoms with Gasteiger partial charge in [0, 0.05) is 18.7 Å². The second-order valence-corrected chi connectivity index (χ2v) is 6.24. The molecule has 0 radical (unpaired) electrons. The third-order valence-electron chi connectivity index (χ3n) is 3.02. The van der Waals surface area contributed by atoms with Gasteiger partial charge in [0.05, 0.1) is 9.82 Å². The Kier molecular flexibility index (Phi) is 3.46. The van der Waals surface area contributed by atoms with Crippen LogP contribution in [0, 0.1) is 10.1 Å². The summed E-state index contributed by atoms with van der Waals surface area (Å²) in [6.07, 6.45) is 1.63. The molecule has 7 nitrogen and oxygen atoms in total. The molecule has 1 aromatic carbocycles. The lowest BCUT2D eigenvalue weighted by atomic mass is 10.3. The Morgan fingerprint density at radius 1 is 1.47 bits per heavy atom. The highest BCUT2D eigenvalue weighted by molar-refractivity contribution is 7.89. The highest BCUT2D eigenvalue weighted by atomic mass is 32.2. The molecule has 0 atom stereocenters. The van der Waals surface area contributed by atoms with Crippen LogP contribution >= 0.6 is 0 Å².